The molecule has 0 bridgehead atoms. The van der Waals surface area contributed by atoms with Gasteiger partial charge < -0.3 is 15.5 Å². The van der Waals surface area contributed by atoms with Gasteiger partial charge in [0.15, 0.2) is 0 Å². The Bertz CT molecular complexity index is 944. The lowest BCUT2D eigenvalue weighted by molar-refractivity contribution is -0.136. The predicted molar refractivity (Wildman–Crippen MR) is 115 cm³/mol. The number of hydrogen-bond donors (Lipinski definition) is 1. The van der Waals surface area contributed by atoms with Gasteiger partial charge in [0, 0.05) is 30.0 Å². The smallest absolute Gasteiger partial charge is 0.246 e. The van der Waals surface area contributed by atoms with Gasteiger partial charge in [0.1, 0.15) is 18.2 Å². The largest absolute Gasteiger partial charge is 0.368 e. The highest BCUT2D eigenvalue weighted by atomic mass is 35.5. The molecule has 2 N–H and O–H groups in total. The van der Waals surface area contributed by atoms with Gasteiger partial charge in [0.25, 0.3) is 0 Å². The van der Waals surface area contributed by atoms with Crippen molar-refractivity contribution in [2.75, 3.05) is 24.5 Å². The molecule has 1 saturated heterocycles. The van der Waals surface area contributed by atoms with Crippen LogP contribution in [-0.4, -0.2) is 52.4 Å². The van der Waals surface area contributed by atoms with Crippen LogP contribution in [0, 0.1) is 0 Å². The molecule has 1 saturated carbocycles. The summed E-state index contributed by atoms with van der Waals surface area (Å²) < 4.78 is 0. The van der Waals surface area contributed by atoms with E-state index in [1.165, 1.54) is 17.3 Å². The van der Waals surface area contributed by atoms with Crippen LogP contribution in [0.5, 0.6) is 0 Å². The number of halogens is 1. The Kier molecular flexibility index (Phi) is 6.37. The second-order valence-corrected chi connectivity index (χ2v) is 7.37. The normalized spacial score (nSPS) is 18.8. The van der Waals surface area contributed by atoms with Crippen LogP contribution < -0.4 is 10.6 Å². The lowest BCUT2D eigenvalue weighted by Crippen LogP contribution is -2.59. The molecule has 1 aliphatic carbocycles. The number of amides is 2. The number of piperazine rings is 1. The quantitative estimate of drug-likeness (QED) is 0.775. The molecule has 29 heavy (non-hydrogen) atoms. The minimum atomic E-state index is -0.732. The number of carbonyl (C=O) groups excluding carboxylic acids is 2. The molecule has 154 valence electrons. The van der Waals surface area contributed by atoms with Gasteiger partial charge in [-0.15, -0.1) is 0 Å². The summed E-state index contributed by atoms with van der Waals surface area (Å²) in [5, 5.41) is 1.63. The van der Waals surface area contributed by atoms with Crippen LogP contribution in [0.3, 0.4) is 0 Å². The summed E-state index contributed by atoms with van der Waals surface area (Å²) in [6.45, 7) is 8.68. The fraction of sp³-hybridized carbons (Fsp3) is 0.429. The third-order valence-electron chi connectivity index (χ3n) is 5.22. The van der Waals surface area contributed by atoms with E-state index in [2.05, 4.69) is 22.6 Å². The molecule has 1 aromatic heterocycles. The van der Waals surface area contributed by atoms with E-state index in [0.717, 1.165) is 40.1 Å². The minimum absolute atomic E-state index is 0.280. The number of aromatic nitrogens is 2. The van der Waals surface area contributed by atoms with Gasteiger partial charge in [0.05, 0.1) is 5.52 Å². The molecule has 1 unspecified atom stereocenters. The summed E-state index contributed by atoms with van der Waals surface area (Å²) in [5.74, 6) is 0.384. The molecule has 2 aliphatic rings. The highest BCUT2D eigenvalue weighted by Gasteiger charge is 2.34. The van der Waals surface area contributed by atoms with Crippen molar-refractivity contribution in [3.05, 3.63) is 41.7 Å². The topological polar surface area (TPSA) is 92.4 Å². The van der Waals surface area contributed by atoms with Gasteiger partial charge >= 0.3 is 0 Å². The van der Waals surface area contributed by atoms with Crippen LogP contribution in [0.1, 0.15) is 38.2 Å². The lowest BCUT2D eigenvalue weighted by Gasteiger charge is -2.40. The molecule has 7 nitrogen and oxygen atoms in total. The number of primary amides is 1. The van der Waals surface area contributed by atoms with E-state index >= 15 is 0 Å². The van der Waals surface area contributed by atoms with Crippen molar-refractivity contribution in [2.24, 2.45) is 5.73 Å². The van der Waals surface area contributed by atoms with Gasteiger partial charge in [-0.1, -0.05) is 32.0 Å². The molecule has 1 aromatic carbocycles. The van der Waals surface area contributed by atoms with Crippen molar-refractivity contribution in [3.8, 4) is 0 Å². The molecule has 4 rings (SSSR count). The molecular formula is C21H26ClN5O2. The zero-order valence-electron chi connectivity index (χ0n) is 16.8. The highest BCUT2D eigenvalue weighted by Crippen LogP contribution is 2.45. The van der Waals surface area contributed by atoms with Crippen molar-refractivity contribution in [3.63, 3.8) is 0 Å². The van der Waals surface area contributed by atoms with Crippen LogP contribution >= 0.6 is 11.6 Å². The number of benzene rings is 1. The van der Waals surface area contributed by atoms with Crippen LogP contribution in [0.4, 0.5) is 5.82 Å². The van der Waals surface area contributed by atoms with E-state index in [9.17, 15) is 9.59 Å². The highest BCUT2D eigenvalue weighted by molar-refractivity contribution is 6.32. The van der Waals surface area contributed by atoms with Crippen LogP contribution in [0.2, 0.25) is 5.02 Å². The second kappa shape index (κ2) is 8.78. The monoisotopic (exact) mass is 415 g/mol. The van der Waals surface area contributed by atoms with Crippen molar-refractivity contribution >= 4 is 40.1 Å². The zero-order chi connectivity index (χ0) is 21.1. The number of anilines is 1. The van der Waals surface area contributed by atoms with Crippen LogP contribution in [-0.2, 0) is 9.59 Å². The molecule has 2 heterocycles. The third-order valence-corrected chi connectivity index (χ3v) is 5.54. The SMILES string of the molecule is C=CC(=O)N1CCN(c2ncnc3cc(Cl)c(C4CC4)cc23)CC1C(N)=O.CC. The van der Waals surface area contributed by atoms with E-state index in [4.69, 9.17) is 17.3 Å². The number of nitrogens with two attached hydrogens (primary N) is 1. The van der Waals surface area contributed by atoms with Gasteiger partial charge in [-0.05, 0) is 42.5 Å². The first kappa shape index (κ1) is 21.0. The van der Waals surface area contributed by atoms with E-state index < -0.39 is 11.9 Å². The Balaban J connectivity index is 0.00000117. The Morgan fingerprint density at radius 3 is 2.59 bits per heavy atom. The van der Waals surface area contributed by atoms with Crippen molar-refractivity contribution in [1.29, 1.82) is 0 Å². The third kappa shape index (κ3) is 4.19. The number of rotatable bonds is 4. The molecule has 0 spiro atoms. The fourth-order valence-electron chi connectivity index (χ4n) is 3.64. The molecule has 2 amide bonds. The molecule has 8 heteroatoms. The maximum absolute atomic E-state index is 12.0. The van der Waals surface area contributed by atoms with Crippen molar-refractivity contribution < 1.29 is 9.59 Å². The summed E-state index contributed by atoms with van der Waals surface area (Å²) >= 11 is 6.42. The Hall–Kier alpha value is -2.67. The average Bonchev–Trinajstić information content (AvgIpc) is 3.58. The molecule has 2 fully saturated rings. The van der Waals surface area contributed by atoms with Crippen LogP contribution in [0.25, 0.3) is 10.9 Å². The summed E-state index contributed by atoms with van der Waals surface area (Å²) in [7, 11) is 0. The molecule has 1 aliphatic heterocycles. The average molecular weight is 416 g/mol. The van der Waals surface area contributed by atoms with Crippen LogP contribution in [0.15, 0.2) is 31.1 Å². The van der Waals surface area contributed by atoms with E-state index in [1.807, 2.05) is 24.8 Å². The van der Waals surface area contributed by atoms with E-state index in [0.29, 0.717) is 19.0 Å². The molecule has 2 aromatic rings. The Morgan fingerprint density at radius 2 is 1.97 bits per heavy atom. The fourth-order valence-corrected chi connectivity index (χ4v) is 3.95. The zero-order valence-corrected chi connectivity index (χ0v) is 17.5. The van der Waals surface area contributed by atoms with Crippen molar-refractivity contribution in [2.45, 2.75) is 38.6 Å². The summed E-state index contributed by atoms with van der Waals surface area (Å²) in [6.07, 6.45) is 4.97. The summed E-state index contributed by atoms with van der Waals surface area (Å²) in [5.41, 5.74) is 7.43. The van der Waals surface area contributed by atoms with Gasteiger partial charge in [0.2, 0.25) is 11.8 Å². The van der Waals surface area contributed by atoms with Gasteiger partial charge in [-0.25, -0.2) is 9.97 Å². The van der Waals surface area contributed by atoms with Gasteiger partial charge in [-0.2, -0.15) is 0 Å². The van der Waals surface area contributed by atoms with Crippen molar-refractivity contribution in [1.82, 2.24) is 14.9 Å². The standard InChI is InChI=1S/C19H20ClN5O2.C2H6/c1-2-17(26)25-6-5-24(9-16(25)18(21)27)19-13-7-12(11-3-4-11)14(20)8-15(13)22-10-23-19;1-2/h2,7-8,10-11,16H,1,3-6,9H2,(H2,21,27);1-2H3. The summed E-state index contributed by atoms with van der Waals surface area (Å²) in [6, 6.07) is 3.20. The first-order valence-corrected chi connectivity index (χ1v) is 10.3. The first-order valence-electron chi connectivity index (χ1n) is 9.91. The predicted octanol–water partition coefficient (Wildman–Crippen LogP) is 2.88. The molecular weight excluding hydrogens is 390 g/mol. The number of fused-ring (bicyclic) bond motifs is 1. The number of hydrogen-bond acceptors (Lipinski definition) is 5. The number of carbonyl (C=O) groups is 2. The maximum atomic E-state index is 12.0. The Morgan fingerprint density at radius 1 is 1.24 bits per heavy atom. The minimum Gasteiger partial charge on any atom is -0.368 e. The first-order chi connectivity index (χ1) is 14.0. The molecule has 0 radical (unpaired) electrons. The van der Waals surface area contributed by atoms with Gasteiger partial charge in [-0.3, -0.25) is 9.59 Å². The van der Waals surface area contributed by atoms with E-state index in [1.54, 1.807) is 0 Å². The molecule has 1 atom stereocenters. The number of nitrogens with zero attached hydrogens (tertiary/aromatic N) is 4. The maximum Gasteiger partial charge on any atom is 0.246 e. The lowest BCUT2D eigenvalue weighted by atomic mass is 10.1. The second-order valence-electron chi connectivity index (χ2n) is 6.96. The van der Waals surface area contributed by atoms with E-state index in [-0.39, 0.29) is 12.5 Å². The summed E-state index contributed by atoms with van der Waals surface area (Å²) in [4.78, 5) is 36.2. The Labute approximate surface area is 175 Å².